The number of aromatic nitrogens is 6. The van der Waals surface area contributed by atoms with Crippen LogP contribution in [0.2, 0.25) is 5.02 Å². The van der Waals surface area contributed by atoms with Crippen molar-refractivity contribution in [2.75, 3.05) is 5.32 Å². The molecule has 0 aliphatic rings. The highest BCUT2D eigenvalue weighted by Crippen LogP contribution is 2.36. The zero-order valence-electron chi connectivity index (χ0n) is 17.0. The van der Waals surface area contributed by atoms with Crippen LogP contribution >= 0.6 is 11.6 Å². The van der Waals surface area contributed by atoms with Crippen LogP contribution in [0.25, 0.3) is 11.0 Å². The topological polar surface area (TPSA) is 90.5 Å². The summed E-state index contributed by atoms with van der Waals surface area (Å²) in [5.41, 5.74) is 0.296. The Morgan fingerprint density at radius 3 is 2.66 bits per heavy atom. The van der Waals surface area contributed by atoms with Crippen molar-refractivity contribution in [2.45, 2.75) is 33.1 Å². The molecule has 0 radical (unpaired) electrons. The molecule has 0 aliphatic heterocycles. The summed E-state index contributed by atoms with van der Waals surface area (Å²) in [5.74, 6) is -0.503. The standard InChI is InChI=1S/C20H17ClF3N7O/c1-11-7-14(20(22,23)24)17-12(2)28-31(18(17)26-11)9-16(32)27-19-25-10-30(29-19)8-13-5-3-4-6-15(13)21/h3-7,10H,8-9H2,1-2H3,(H,27,29,32). The average Bonchev–Trinajstić information content (AvgIpc) is 3.26. The SMILES string of the molecule is Cc1cc(C(F)(F)F)c2c(C)nn(CC(=O)Nc3ncn(Cc4ccccc4Cl)n3)c2n1. The van der Waals surface area contributed by atoms with E-state index in [0.717, 1.165) is 16.3 Å². The Kier molecular flexibility index (Phi) is 5.59. The molecule has 12 heteroatoms. The molecular formula is C20H17ClF3N7O. The van der Waals surface area contributed by atoms with E-state index in [9.17, 15) is 18.0 Å². The largest absolute Gasteiger partial charge is 0.417 e. The Morgan fingerprint density at radius 2 is 1.94 bits per heavy atom. The van der Waals surface area contributed by atoms with Crippen molar-refractivity contribution in [2.24, 2.45) is 0 Å². The molecule has 1 N–H and O–H groups in total. The first-order valence-corrected chi connectivity index (χ1v) is 9.84. The van der Waals surface area contributed by atoms with Crippen LogP contribution in [-0.4, -0.2) is 35.4 Å². The van der Waals surface area contributed by atoms with E-state index in [0.29, 0.717) is 11.6 Å². The van der Waals surface area contributed by atoms with Crippen molar-refractivity contribution in [3.8, 4) is 0 Å². The molecular weight excluding hydrogens is 447 g/mol. The number of nitrogens with zero attached hydrogens (tertiary/aromatic N) is 6. The third-order valence-corrected chi connectivity index (χ3v) is 5.05. The number of carbonyl (C=O) groups is 1. The Labute approximate surface area is 185 Å². The lowest BCUT2D eigenvalue weighted by molar-refractivity contribution is -0.136. The van der Waals surface area contributed by atoms with Crippen LogP contribution in [0.4, 0.5) is 19.1 Å². The minimum atomic E-state index is -4.56. The van der Waals surface area contributed by atoms with Crippen LogP contribution < -0.4 is 5.32 Å². The predicted octanol–water partition coefficient (Wildman–Crippen LogP) is 4.00. The summed E-state index contributed by atoms with van der Waals surface area (Å²) in [6, 6.07) is 8.23. The molecule has 166 valence electrons. The van der Waals surface area contributed by atoms with Crippen molar-refractivity contribution >= 4 is 34.5 Å². The second-order valence-corrected chi connectivity index (χ2v) is 7.56. The minimum Gasteiger partial charge on any atom is -0.292 e. The Bertz CT molecular complexity index is 1310. The van der Waals surface area contributed by atoms with Crippen LogP contribution in [0.5, 0.6) is 0 Å². The number of benzene rings is 1. The van der Waals surface area contributed by atoms with E-state index in [1.54, 1.807) is 6.07 Å². The fourth-order valence-electron chi connectivity index (χ4n) is 3.34. The average molecular weight is 464 g/mol. The van der Waals surface area contributed by atoms with E-state index in [1.165, 1.54) is 24.9 Å². The number of nitrogens with one attached hydrogen (secondary N) is 1. The maximum atomic E-state index is 13.4. The summed E-state index contributed by atoms with van der Waals surface area (Å²) in [6.45, 7) is 2.91. The highest BCUT2D eigenvalue weighted by Gasteiger charge is 2.35. The number of alkyl halides is 3. The van der Waals surface area contributed by atoms with Gasteiger partial charge in [-0.3, -0.25) is 10.1 Å². The lowest BCUT2D eigenvalue weighted by Crippen LogP contribution is -2.21. The van der Waals surface area contributed by atoms with Crippen molar-refractivity contribution < 1.29 is 18.0 Å². The molecule has 3 aromatic heterocycles. The van der Waals surface area contributed by atoms with Gasteiger partial charge in [-0.1, -0.05) is 29.8 Å². The zero-order valence-corrected chi connectivity index (χ0v) is 17.7. The van der Waals surface area contributed by atoms with Gasteiger partial charge in [0, 0.05) is 10.7 Å². The number of carbonyl (C=O) groups excluding carboxylic acids is 1. The van der Waals surface area contributed by atoms with Gasteiger partial charge in [0.15, 0.2) is 5.65 Å². The van der Waals surface area contributed by atoms with Crippen molar-refractivity contribution in [1.29, 1.82) is 0 Å². The number of halogens is 4. The van der Waals surface area contributed by atoms with E-state index >= 15 is 0 Å². The highest BCUT2D eigenvalue weighted by atomic mass is 35.5. The number of amides is 1. The van der Waals surface area contributed by atoms with Gasteiger partial charge in [0.1, 0.15) is 12.9 Å². The summed E-state index contributed by atoms with van der Waals surface area (Å²) in [5, 5.41) is 11.2. The molecule has 32 heavy (non-hydrogen) atoms. The van der Waals surface area contributed by atoms with Crippen LogP contribution in [0.15, 0.2) is 36.7 Å². The molecule has 1 aromatic carbocycles. The first-order chi connectivity index (χ1) is 15.1. The molecule has 1 amide bonds. The molecule has 0 fully saturated rings. The third-order valence-electron chi connectivity index (χ3n) is 4.68. The van der Waals surface area contributed by atoms with E-state index in [1.807, 2.05) is 18.2 Å². The molecule has 0 bridgehead atoms. The number of fused-ring (bicyclic) bond motifs is 1. The molecule has 0 saturated heterocycles. The molecule has 0 aliphatic carbocycles. The Hall–Kier alpha value is -3.47. The lowest BCUT2D eigenvalue weighted by atomic mass is 10.1. The maximum Gasteiger partial charge on any atom is 0.417 e. The van der Waals surface area contributed by atoms with Gasteiger partial charge in [-0.2, -0.15) is 18.3 Å². The molecule has 0 saturated carbocycles. The summed E-state index contributed by atoms with van der Waals surface area (Å²) in [6.07, 6.45) is -3.13. The number of anilines is 1. The monoisotopic (exact) mass is 463 g/mol. The number of rotatable bonds is 5. The normalized spacial score (nSPS) is 11.8. The van der Waals surface area contributed by atoms with Gasteiger partial charge in [-0.25, -0.2) is 19.3 Å². The van der Waals surface area contributed by atoms with Crippen LogP contribution in [0.3, 0.4) is 0 Å². The quantitative estimate of drug-likeness (QED) is 0.483. The van der Waals surface area contributed by atoms with Crippen molar-refractivity contribution in [3.05, 3.63) is 64.2 Å². The molecule has 4 aromatic rings. The molecule has 3 heterocycles. The van der Waals surface area contributed by atoms with Crippen molar-refractivity contribution in [3.63, 3.8) is 0 Å². The number of pyridine rings is 1. The molecule has 0 atom stereocenters. The Balaban J connectivity index is 1.52. The molecule has 0 unspecified atom stereocenters. The fourth-order valence-corrected chi connectivity index (χ4v) is 3.54. The highest BCUT2D eigenvalue weighted by molar-refractivity contribution is 6.31. The molecule has 4 rings (SSSR count). The van der Waals surface area contributed by atoms with Crippen LogP contribution in [-0.2, 0) is 24.1 Å². The minimum absolute atomic E-state index is 0.0119. The van der Waals surface area contributed by atoms with E-state index in [2.05, 4.69) is 25.5 Å². The van der Waals surface area contributed by atoms with Gasteiger partial charge in [-0.15, -0.1) is 5.10 Å². The summed E-state index contributed by atoms with van der Waals surface area (Å²) in [7, 11) is 0. The smallest absolute Gasteiger partial charge is 0.292 e. The number of aryl methyl sites for hydroxylation is 2. The second-order valence-electron chi connectivity index (χ2n) is 7.16. The van der Waals surface area contributed by atoms with E-state index in [-0.39, 0.29) is 34.9 Å². The van der Waals surface area contributed by atoms with Gasteiger partial charge in [0.2, 0.25) is 11.9 Å². The van der Waals surface area contributed by atoms with E-state index < -0.39 is 17.6 Å². The van der Waals surface area contributed by atoms with E-state index in [4.69, 9.17) is 11.6 Å². The summed E-state index contributed by atoms with van der Waals surface area (Å²) in [4.78, 5) is 20.7. The molecule has 0 spiro atoms. The lowest BCUT2D eigenvalue weighted by Gasteiger charge is -2.10. The number of hydrogen-bond acceptors (Lipinski definition) is 5. The Morgan fingerprint density at radius 1 is 1.19 bits per heavy atom. The zero-order chi connectivity index (χ0) is 23.0. The first kappa shape index (κ1) is 21.8. The van der Waals surface area contributed by atoms with Gasteiger partial charge in [-0.05, 0) is 31.5 Å². The van der Waals surface area contributed by atoms with Crippen molar-refractivity contribution in [1.82, 2.24) is 29.5 Å². The molecule has 8 nitrogen and oxygen atoms in total. The second kappa shape index (κ2) is 8.23. The summed E-state index contributed by atoms with van der Waals surface area (Å²) >= 11 is 6.14. The van der Waals surface area contributed by atoms with Gasteiger partial charge >= 0.3 is 6.18 Å². The van der Waals surface area contributed by atoms with Crippen LogP contribution in [0, 0.1) is 13.8 Å². The summed E-state index contributed by atoms with van der Waals surface area (Å²) < 4.78 is 43.0. The third kappa shape index (κ3) is 4.42. The predicted molar refractivity (Wildman–Crippen MR) is 111 cm³/mol. The van der Waals surface area contributed by atoms with Crippen LogP contribution in [0.1, 0.15) is 22.5 Å². The van der Waals surface area contributed by atoms with Gasteiger partial charge in [0.05, 0.1) is 23.2 Å². The maximum absolute atomic E-state index is 13.4. The first-order valence-electron chi connectivity index (χ1n) is 9.46. The van der Waals surface area contributed by atoms with Gasteiger partial charge < -0.3 is 0 Å². The van der Waals surface area contributed by atoms with Gasteiger partial charge in [0.25, 0.3) is 0 Å². The fraction of sp³-hybridized carbons (Fsp3) is 0.250. The number of hydrogen-bond donors (Lipinski definition) is 1.